The second-order valence-corrected chi connectivity index (χ2v) is 7.51. The third-order valence-corrected chi connectivity index (χ3v) is 5.51. The predicted octanol–water partition coefficient (Wildman–Crippen LogP) is 5.21. The van der Waals surface area contributed by atoms with E-state index in [-0.39, 0.29) is 16.0 Å². The minimum absolute atomic E-state index is 0.0616. The average molecular weight is 441 g/mol. The van der Waals surface area contributed by atoms with Crippen molar-refractivity contribution in [2.75, 3.05) is 5.43 Å². The number of rotatable bonds is 4. The molecule has 0 aliphatic heterocycles. The smallest absolute Gasteiger partial charge is 0.267 e. The molecule has 8 nitrogen and oxygen atoms in total. The molecule has 0 bridgehead atoms. The van der Waals surface area contributed by atoms with Crippen molar-refractivity contribution in [3.8, 4) is 11.4 Å². The molecule has 32 heavy (non-hydrogen) atoms. The number of nitrogens with one attached hydrogen (secondary N) is 2. The molecule has 5 rings (SSSR count). The normalized spacial score (nSPS) is 11.0. The number of aromatic amines is 1. The van der Waals surface area contributed by atoms with Crippen molar-refractivity contribution >= 4 is 45.4 Å². The molecule has 0 aliphatic carbocycles. The van der Waals surface area contributed by atoms with Crippen LogP contribution in [-0.2, 0) is 0 Å². The van der Waals surface area contributed by atoms with E-state index >= 15 is 0 Å². The van der Waals surface area contributed by atoms with E-state index < -0.39 is 10.8 Å². The topological polar surface area (TPSA) is 106 Å². The van der Waals surface area contributed by atoms with Gasteiger partial charge in [-0.05, 0) is 40.5 Å². The molecule has 0 radical (unpaired) electrons. The number of nitro groups is 1. The lowest BCUT2D eigenvalue weighted by Crippen LogP contribution is -2.24. The Kier molecular flexibility index (Phi) is 4.72. The molecule has 1 aromatic heterocycles. The highest BCUT2D eigenvalue weighted by Crippen LogP contribution is 2.28. The third-order valence-electron chi connectivity index (χ3n) is 5.23. The molecule has 0 aliphatic rings. The Morgan fingerprint density at radius 2 is 1.69 bits per heavy atom. The van der Waals surface area contributed by atoms with Gasteiger partial charge in [-0.3, -0.25) is 20.3 Å². The summed E-state index contributed by atoms with van der Waals surface area (Å²) < 4.78 is 1.62. The van der Waals surface area contributed by atoms with E-state index in [2.05, 4.69) is 15.6 Å². The highest BCUT2D eigenvalue weighted by atomic mass is 32.1. The number of benzene rings is 4. The fourth-order valence-corrected chi connectivity index (χ4v) is 3.90. The van der Waals surface area contributed by atoms with Crippen LogP contribution in [0.5, 0.6) is 0 Å². The van der Waals surface area contributed by atoms with Crippen molar-refractivity contribution in [1.29, 1.82) is 0 Å². The molecule has 5 aromatic rings. The number of nitrogens with zero attached hydrogens (tertiary/aromatic N) is 3. The van der Waals surface area contributed by atoms with Crippen molar-refractivity contribution in [2.45, 2.75) is 0 Å². The first-order valence-electron chi connectivity index (χ1n) is 9.67. The molecule has 0 fully saturated rings. The van der Waals surface area contributed by atoms with E-state index in [1.807, 2.05) is 42.5 Å². The summed E-state index contributed by atoms with van der Waals surface area (Å²) in [7, 11) is 0. The van der Waals surface area contributed by atoms with Gasteiger partial charge in [0, 0.05) is 17.2 Å². The lowest BCUT2D eigenvalue weighted by molar-refractivity contribution is -0.383. The second kappa shape index (κ2) is 7.71. The van der Waals surface area contributed by atoms with Crippen molar-refractivity contribution in [3.05, 3.63) is 99.3 Å². The number of nitro benzene ring substituents is 1. The van der Waals surface area contributed by atoms with Gasteiger partial charge in [0.05, 0.1) is 10.3 Å². The Hall–Kier alpha value is -4.37. The zero-order valence-electron chi connectivity index (χ0n) is 16.5. The number of H-pyrrole nitrogens is 1. The summed E-state index contributed by atoms with van der Waals surface area (Å²) in [6.07, 6.45) is 0. The summed E-state index contributed by atoms with van der Waals surface area (Å²) in [4.78, 5) is 24.0. The minimum Gasteiger partial charge on any atom is -0.267 e. The number of carbonyl (C=O) groups is 1. The molecule has 2 N–H and O–H groups in total. The first kappa shape index (κ1) is 19.6. The molecule has 0 unspecified atom stereocenters. The fraction of sp³-hybridized carbons (Fsp3) is 0. The van der Waals surface area contributed by atoms with E-state index in [4.69, 9.17) is 12.2 Å². The first-order valence-corrected chi connectivity index (χ1v) is 10.1. The third kappa shape index (κ3) is 3.30. The molecule has 1 amide bonds. The highest BCUT2D eigenvalue weighted by Gasteiger charge is 2.17. The van der Waals surface area contributed by atoms with Crippen LogP contribution >= 0.6 is 12.2 Å². The standard InChI is InChI=1S/C23H15N5O3S/c29-22(16-12-11-15-7-4-10-20(28(30)31)19(15)13-16)26-27-21(24-25-23(27)32)18-9-3-6-14-5-1-2-8-17(14)18/h1-13H,(H,25,32)(H,26,29). The van der Waals surface area contributed by atoms with Crippen molar-refractivity contribution in [2.24, 2.45) is 0 Å². The molecular formula is C23H15N5O3S. The van der Waals surface area contributed by atoms with Crippen molar-refractivity contribution in [3.63, 3.8) is 0 Å². The Morgan fingerprint density at radius 3 is 2.50 bits per heavy atom. The van der Waals surface area contributed by atoms with Crippen LogP contribution in [0.3, 0.4) is 0 Å². The zero-order chi connectivity index (χ0) is 22.2. The molecular weight excluding hydrogens is 426 g/mol. The molecule has 0 spiro atoms. The molecule has 4 aromatic carbocycles. The van der Waals surface area contributed by atoms with E-state index in [0.717, 1.165) is 16.3 Å². The highest BCUT2D eigenvalue weighted by molar-refractivity contribution is 7.71. The van der Waals surface area contributed by atoms with Gasteiger partial charge in [-0.25, -0.2) is 9.77 Å². The largest absolute Gasteiger partial charge is 0.277 e. The van der Waals surface area contributed by atoms with Gasteiger partial charge in [-0.2, -0.15) is 5.10 Å². The quantitative estimate of drug-likeness (QED) is 0.226. The van der Waals surface area contributed by atoms with Gasteiger partial charge in [0.15, 0.2) is 5.82 Å². The number of hydrogen-bond acceptors (Lipinski definition) is 5. The summed E-state index contributed by atoms with van der Waals surface area (Å²) in [6.45, 7) is 0. The molecule has 0 atom stereocenters. The zero-order valence-corrected chi connectivity index (χ0v) is 17.3. The van der Waals surface area contributed by atoms with Gasteiger partial charge < -0.3 is 0 Å². The summed E-state index contributed by atoms with van der Waals surface area (Å²) >= 11 is 5.34. The van der Waals surface area contributed by atoms with E-state index in [9.17, 15) is 14.9 Å². The molecule has 0 saturated carbocycles. The van der Waals surface area contributed by atoms with E-state index in [0.29, 0.717) is 16.6 Å². The van der Waals surface area contributed by atoms with Crippen molar-refractivity contribution in [1.82, 2.24) is 14.9 Å². The number of fused-ring (bicyclic) bond motifs is 2. The maximum atomic E-state index is 13.0. The molecule has 156 valence electrons. The first-order chi connectivity index (χ1) is 15.5. The average Bonchev–Trinajstić information content (AvgIpc) is 3.17. The number of amides is 1. The maximum Gasteiger partial charge on any atom is 0.277 e. The van der Waals surface area contributed by atoms with Gasteiger partial charge in [0.25, 0.3) is 11.6 Å². The van der Waals surface area contributed by atoms with Crippen LogP contribution in [0.25, 0.3) is 32.9 Å². The number of aromatic nitrogens is 3. The Morgan fingerprint density at radius 1 is 0.969 bits per heavy atom. The lowest BCUT2D eigenvalue weighted by Gasteiger charge is -2.11. The fourth-order valence-electron chi connectivity index (χ4n) is 3.72. The maximum absolute atomic E-state index is 13.0. The van der Waals surface area contributed by atoms with Crippen molar-refractivity contribution < 1.29 is 9.72 Å². The summed E-state index contributed by atoms with van der Waals surface area (Å²) in [5.74, 6) is -0.0176. The monoisotopic (exact) mass is 441 g/mol. The Bertz CT molecular complexity index is 1580. The second-order valence-electron chi connectivity index (χ2n) is 7.13. The van der Waals surface area contributed by atoms with Crippen LogP contribution in [0.15, 0.2) is 78.9 Å². The Balaban J connectivity index is 1.57. The van der Waals surface area contributed by atoms with Crippen LogP contribution in [-0.4, -0.2) is 25.7 Å². The summed E-state index contributed by atoms with van der Waals surface area (Å²) in [5, 5.41) is 21.5. The lowest BCUT2D eigenvalue weighted by atomic mass is 10.0. The van der Waals surface area contributed by atoms with Crippen LogP contribution in [0, 0.1) is 14.9 Å². The number of non-ortho nitro benzene ring substituents is 1. The molecule has 0 saturated heterocycles. The van der Waals surface area contributed by atoms with E-state index in [1.165, 1.54) is 16.8 Å². The summed E-state index contributed by atoms with van der Waals surface area (Å²) in [5.41, 5.74) is 3.76. The van der Waals surface area contributed by atoms with Gasteiger partial charge in [-0.1, -0.05) is 60.7 Å². The van der Waals surface area contributed by atoms with Gasteiger partial charge >= 0.3 is 0 Å². The van der Waals surface area contributed by atoms with Crippen LogP contribution in [0.2, 0.25) is 0 Å². The SMILES string of the molecule is O=C(Nn1c(-c2cccc3ccccc23)n[nH]c1=S)c1ccc2cccc([N+](=O)[O-])c2c1. The van der Waals surface area contributed by atoms with E-state index in [1.54, 1.807) is 24.3 Å². The molecule has 1 heterocycles. The van der Waals surface area contributed by atoms with Crippen LogP contribution in [0.4, 0.5) is 5.69 Å². The number of carbonyl (C=O) groups excluding carboxylic acids is 1. The molecule has 9 heteroatoms. The minimum atomic E-state index is -0.468. The summed E-state index contributed by atoms with van der Waals surface area (Å²) in [6, 6.07) is 23.2. The van der Waals surface area contributed by atoms with Gasteiger partial charge in [-0.15, -0.1) is 0 Å². The van der Waals surface area contributed by atoms with Gasteiger partial charge in [0.2, 0.25) is 4.77 Å². The number of hydrogen-bond donors (Lipinski definition) is 2. The van der Waals surface area contributed by atoms with Gasteiger partial charge in [0.1, 0.15) is 0 Å². The van der Waals surface area contributed by atoms with Crippen LogP contribution in [0.1, 0.15) is 10.4 Å². The predicted molar refractivity (Wildman–Crippen MR) is 125 cm³/mol. The Labute approximate surface area is 186 Å². The van der Waals surface area contributed by atoms with Crippen LogP contribution < -0.4 is 5.43 Å².